The van der Waals surface area contributed by atoms with E-state index in [4.69, 9.17) is 0 Å². The lowest BCUT2D eigenvalue weighted by molar-refractivity contribution is -0.116. The molecule has 0 unspecified atom stereocenters. The smallest absolute Gasteiger partial charge is 0.232 e. The largest absolute Gasteiger partial charge is 0.301 e. The number of hydrogen-bond donors (Lipinski definition) is 1. The van der Waals surface area contributed by atoms with Crippen molar-refractivity contribution in [2.24, 2.45) is 0 Å². The van der Waals surface area contributed by atoms with Gasteiger partial charge >= 0.3 is 0 Å². The predicted molar refractivity (Wildman–Crippen MR) is 117 cm³/mol. The van der Waals surface area contributed by atoms with Crippen LogP contribution in [0.4, 0.5) is 10.8 Å². The summed E-state index contributed by atoms with van der Waals surface area (Å²) in [5.41, 5.74) is 2.73. The van der Waals surface area contributed by atoms with Crippen LogP contribution in [0.25, 0.3) is 0 Å². The molecule has 0 aliphatic rings. The second-order valence-corrected chi connectivity index (χ2v) is 10.4. The van der Waals surface area contributed by atoms with Crippen LogP contribution >= 0.6 is 23.1 Å². The summed E-state index contributed by atoms with van der Waals surface area (Å²) in [6.45, 7) is 7.79. The van der Waals surface area contributed by atoms with E-state index < -0.39 is 10.0 Å². The Kier molecular flexibility index (Phi) is 8.02. The zero-order chi connectivity index (χ0) is 20.7. The number of hydrogen-bond acceptors (Lipinski definition) is 7. The highest BCUT2D eigenvalue weighted by Crippen LogP contribution is 2.25. The van der Waals surface area contributed by atoms with Gasteiger partial charge in [-0.05, 0) is 43.5 Å². The Morgan fingerprint density at radius 1 is 1.32 bits per heavy atom. The van der Waals surface area contributed by atoms with Crippen LogP contribution in [0.1, 0.15) is 24.0 Å². The molecule has 7 nitrogen and oxygen atoms in total. The van der Waals surface area contributed by atoms with Gasteiger partial charge in [-0.3, -0.25) is 9.10 Å². The number of thioether (sulfide) groups is 1. The van der Waals surface area contributed by atoms with Crippen LogP contribution in [0.3, 0.4) is 0 Å². The summed E-state index contributed by atoms with van der Waals surface area (Å²) >= 11 is 2.79. The third kappa shape index (κ3) is 6.61. The van der Waals surface area contributed by atoms with Gasteiger partial charge in [-0.2, -0.15) is 0 Å². The summed E-state index contributed by atoms with van der Waals surface area (Å²) in [4.78, 5) is 12.1. The zero-order valence-corrected chi connectivity index (χ0v) is 18.6. The van der Waals surface area contributed by atoms with E-state index in [1.807, 2.05) is 26.0 Å². The number of amides is 1. The quantitative estimate of drug-likeness (QED) is 0.345. The maximum Gasteiger partial charge on any atom is 0.232 e. The second-order valence-electron chi connectivity index (χ2n) is 6.23. The number of benzene rings is 1. The number of carbonyl (C=O) groups excluding carboxylic acids is 1. The van der Waals surface area contributed by atoms with Crippen molar-refractivity contribution >= 4 is 49.8 Å². The molecule has 152 valence electrons. The first-order valence-corrected chi connectivity index (χ1v) is 12.3. The normalized spacial score (nSPS) is 11.2. The van der Waals surface area contributed by atoms with Gasteiger partial charge in [0.15, 0.2) is 4.34 Å². The van der Waals surface area contributed by atoms with Crippen molar-refractivity contribution in [1.82, 2.24) is 10.2 Å². The molecule has 0 fully saturated rings. The average Bonchev–Trinajstić information content (AvgIpc) is 3.05. The molecule has 28 heavy (non-hydrogen) atoms. The number of aromatic nitrogens is 2. The maximum absolute atomic E-state index is 12.2. The molecule has 10 heteroatoms. The minimum Gasteiger partial charge on any atom is -0.301 e. The van der Waals surface area contributed by atoms with Gasteiger partial charge in [-0.1, -0.05) is 35.2 Å². The third-order valence-electron chi connectivity index (χ3n) is 3.92. The highest BCUT2D eigenvalue weighted by atomic mass is 32.2. The average molecular weight is 441 g/mol. The predicted octanol–water partition coefficient (Wildman–Crippen LogP) is 3.62. The van der Waals surface area contributed by atoms with Crippen LogP contribution in [0.15, 0.2) is 35.2 Å². The Bertz CT molecular complexity index is 941. The Morgan fingerprint density at radius 3 is 2.71 bits per heavy atom. The molecule has 1 N–H and O–H groups in total. The van der Waals surface area contributed by atoms with Gasteiger partial charge in [0.2, 0.25) is 21.1 Å². The van der Waals surface area contributed by atoms with Crippen molar-refractivity contribution in [2.45, 2.75) is 31.0 Å². The molecule has 0 saturated carbocycles. The van der Waals surface area contributed by atoms with Crippen molar-refractivity contribution in [1.29, 1.82) is 0 Å². The second kappa shape index (κ2) is 10.0. The molecule has 2 aromatic rings. The van der Waals surface area contributed by atoms with E-state index in [9.17, 15) is 13.2 Å². The highest BCUT2D eigenvalue weighted by Gasteiger charge is 2.18. The Morgan fingerprint density at radius 2 is 2.07 bits per heavy atom. The molecule has 0 aliphatic heterocycles. The molecule has 1 aromatic heterocycles. The minimum atomic E-state index is -3.44. The van der Waals surface area contributed by atoms with Crippen molar-refractivity contribution < 1.29 is 13.2 Å². The Balaban J connectivity index is 1.92. The van der Waals surface area contributed by atoms with E-state index in [0.717, 1.165) is 21.2 Å². The van der Waals surface area contributed by atoms with E-state index in [0.29, 0.717) is 17.2 Å². The first-order valence-electron chi connectivity index (χ1n) is 8.62. The molecule has 0 bridgehead atoms. The number of aryl methyl sites for hydroxylation is 2. The molecule has 2 rings (SSSR count). The molecule has 1 amide bonds. The van der Waals surface area contributed by atoms with E-state index in [-0.39, 0.29) is 18.9 Å². The molecular formula is C18H24N4O3S3. The third-order valence-corrected chi connectivity index (χ3v) is 7.08. The fourth-order valence-electron chi connectivity index (χ4n) is 2.38. The van der Waals surface area contributed by atoms with Gasteiger partial charge in [-0.15, -0.1) is 16.8 Å². The van der Waals surface area contributed by atoms with Crippen molar-refractivity contribution in [2.75, 3.05) is 28.2 Å². The Labute approximate surface area is 174 Å². The molecule has 0 saturated heterocycles. The number of nitrogens with one attached hydrogen (secondary N) is 1. The van der Waals surface area contributed by atoms with Gasteiger partial charge in [0.05, 0.1) is 11.9 Å². The molecule has 0 aliphatic carbocycles. The van der Waals surface area contributed by atoms with E-state index >= 15 is 0 Å². The van der Waals surface area contributed by atoms with Crippen molar-refractivity contribution in [3.63, 3.8) is 0 Å². The summed E-state index contributed by atoms with van der Waals surface area (Å²) < 4.78 is 26.5. The molecular weight excluding hydrogens is 416 g/mol. The molecule has 0 radical (unpaired) electrons. The van der Waals surface area contributed by atoms with Gasteiger partial charge in [0, 0.05) is 18.7 Å². The lowest BCUT2D eigenvalue weighted by Crippen LogP contribution is -2.31. The standard InChI is InChI=1S/C18H24N4O3S3/c1-5-11-26-18-21-20-17(27-18)19-16(23)7-6-10-22(28(4,24)25)15-9-8-13(2)14(3)12-15/h5,8-9,12H,1,6-7,10-11H2,2-4H3,(H,19,20,23). The van der Waals surface area contributed by atoms with Crippen LogP contribution in [0.5, 0.6) is 0 Å². The van der Waals surface area contributed by atoms with Crippen LogP contribution in [0.2, 0.25) is 0 Å². The van der Waals surface area contributed by atoms with E-state index in [2.05, 4.69) is 22.1 Å². The molecule has 0 atom stereocenters. The van der Waals surface area contributed by atoms with Gasteiger partial charge in [0.25, 0.3) is 0 Å². The minimum absolute atomic E-state index is 0.186. The highest BCUT2D eigenvalue weighted by molar-refractivity contribution is 8.01. The summed E-state index contributed by atoms with van der Waals surface area (Å²) in [5, 5.41) is 11.1. The summed E-state index contributed by atoms with van der Waals surface area (Å²) in [6, 6.07) is 5.53. The fourth-order valence-corrected chi connectivity index (χ4v) is 4.87. The van der Waals surface area contributed by atoms with E-state index in [1.165, 1.54) is 33.7 Å². The van der Waals surface area contributed by atoms with Gasteiger partial charge < -0.3 is 5.32 Å². The first-order chi connectivity index (χ1) is 13.2. The van der Waals surface area contributed by atoms with Crippen LogP contribution in [-0.4, -0.2) is 43.1 Å². The number of sulfonamides is 1. The number of rotatable bonds is 10. The fraction of sp³-hybridized carbons (Fsp3) is 0.389. The monoisotopic (exact) mass is 440 g/mol. The molecule has 1 aromatic carbocycles. The summed E-state index contributed by atoms with van der Waals surface area (Å²) in [5.74, 6) is 0.507. The van der Waals surface area contributed by atoms with E-state index in [1.54, 1.807) is 12.1 Å². The summed E-state index contributed by atoms with van der Waals surface area (Å²) in [6.07, 6.45) is 3.52. The van der Waals surface area contributed by atoms with Gasteiger partial charge in [0.1, 0.15) is 0 Å². The lowest BCUT2D eigenvalue weighted by Gasteiger charge is -2.23. The Hall–Kier alpha value is -1.91. The molecule has 1 heterocycles. The van der Waals surface area contributed by atoms with Crippen LogP contribution in [-0.2, 0) is 14.8 Å². The summed E-state index contributed by atoms with van der Waals surface area (Å²) in [7, 11) is -3.44. The topological polar surface area (TPSA) is 92.3 Å². The molecule has 0 spiro atoms. The van der Waals surface area contributed by atoms with Crippen molar-refractivity contribution in [3.8, 4) is 0 Å². The lowest BCUT2D eigenvalue weighted by atomic mass is 10.1. The van der Waals surface area contributed by atoms with Crippen LogP contribution in [0, 0.1) is 13.8 Å². The maximum atomic E-state index is 12.2. The zero-order valence-electron chi connectivity index (χ0n) is 16.1. The SMILES string of the molecule is C=CCSc1nnc(NC(=O)CCCN(c2ccc(C)c(C)c2)S(C)(=O)=O)s1. The number of carbonyl (C=O) groups is 1. The number of anilines is 2. The van der Waals surface area contributed by atoms with Gasteiger partial charge in [-0.25, -0.2) is 8.42 Å². The van der Waals surface area contributed by atoms with Crippen molar-refractivity contribution in [3.05, 3.63) is 42.0 Å². The number of nitrogens with zero attached hydrogens (tertiary/aromatic N) is 3. The van der Waals surface area contributed by atoms with Crippen LogP contribution < -0.4 is 9.62 Å². The first kappa shape index (κ1) is 22.4.